The average Bonchev–Trinajstić information content (AvgIpc) is 2.96. The third-order valence-corrected chi connectivity index (χ3v) is 3.88. The van der Waals surface area contributed by atoms with E-state index in [0.717, 1.165) is 16.5 Å². The highest BCUT2D eigenvalue weighted by Gasteiger charge is 2.10. The van der Waals surface area contributed by atoms with Crippen LogP contribution >= 0.6 is 0 Å². The van der Waals surface area contributed by atoms with E-state index in [9.17, 15) is 9.59 Å². The van der Waals surface area contributed by atoms with Crippen LogP contribution in [0.5, 0.6) is 0 Å². The molecule has 0 atom stereocenters. The van der Waals surface area contributed by atoms with Crippen molar-refractivity contribution >= 4 is 28.3 Å². The summed E-state index contributed by atoms with van der Waals surface area (Å²) in [5.41, 5.74) is 3.30. The van der Waals surface area contributed by atoms with E-state index in [4.69, 9.17) is 0 Å². The minimum atomic E-state index is -0.0935. The summed E-state index contributed by atoms with van der Waals surface area (Å²) in [6, 6.07) is 15.1. The number of hydrogen-bond donors (Lipinski definition) is 2. The average molecular weight is 306 g/mol. The van der Waals surface area contributed by atoms with Crippen molar-refractivity contribution in [2.24, 2.45) is 0 Å². The Morgan fingerprint density at radius 2 is 1.78 bits per heavy atom. The van der Waals surface area contributed by atoms with Crippen LogP contribution in [0.3, 0.4) is 0 Å². The van der Waals surface area contributed by atoms with Gasteiger partial charge in [0.15, 0.2) is 5.78 Å². The molecule has 0 bridgehead atoms. The van der Waals surface area contributed by atoms with Gasteiger partial charge in [0, 0.05) is 29.1 Å². The third-order valence-electron chi connectivity index (χ3n) is 3.88. The second-order valence-corrected chi connectivity index (χ2v) is 5.51. The SMILES string of the molecule is CC(=O)c1ccccc1NC(=O)CCc1c[nH]c2ccccc12. The molecule has 0 spiro atoms. The van der Waals surface area contributed by atoms with Gasteiger partial charge >= 0.3 is 0 Å². The number of carbonyl (C=O) groups is 2. The first-order valence-corrected chi connectivity index (χ1v) is 7.60. The van der Waals surface area contributed by atoms with E-state index in [2.05, 4.69) is 10.3 Å². The Balaban J connectivity index is 1.68. The van der Waals surface area contributed by atoms with Gasteiger partial charge in [0.1, 0.15) is 0 Å². The zero-order valence-electron chi connectivity index (χ0n) is 12.9. The molecule has 23 heavy (non-hydrogen) atoms. The number of benzene rings is 2. The molecule has 0 aliphatic heterocycles. The number of rotatable bonds is 5. The zero-order valence-corrected chi connectivity index (χ0v) is 12.9. The molecule has 2 aromatic carbocycles. The fourth-order valence-corrected chi connectivity index (χ4v) is 2.70. The van der Waals surface area contributed by atoms with Gasteiger partial charge in [0.25, 0.3) is 0 Å². The van der Waals surface area contributed by atoms with E-state index in [1.807, 2.05) is 36.5 Å². The van der Waals surface area contributed by atoms with Crippen LogP contribution in [0.2, 0.25) is 0 Å². The lowest BCUT2D eigenvalue weighted by Gasteiger charge is -2.08. The van der Waals surface area contributed by atoms with E-state index in [0.29, 0.717) is 24.1 Å². The zero-order chi connectivity index (χ0) is 16.2. The second kappa shape index (κ2) is 6.48. The number of hydrogen-bond acceptors (Lipinski definition) is 2. The van der Waals surface area contributed by atoms with Crippen molar-refractivity contribution in [2.45, 2.75) is 19.8 Å². The first kappa shape index (κ1) is 15.0. The van der Waals surface area contributed by atoms with Crippen LogP contribution in [0.25, 0.3) is 10.9 Å². The van der Waals surface area contributed by atoms with Crippen LogP contribution in [0.15, 0.2) is 54.7 Å². The maximum atomic E-state index is 12.2. The van der Waals surface area contributed by atoms with E-state index < -0.39 is 0 Å². The summed E-state index contributed by atoms with van der Waals surface area (Å²) in [5.74, 6) is -0.151. The number of aryl methyl sites for hydroxylation is 1. The van der Waals surface area contributed by atoms with Gasteiger partial charge in [-0.15, -0.1) is 0 Å². The maximum Gasteiger partial charge on any atom is 0.224 e. The Labute approximate surface area is 134 Å². The number of aromatic nitrogens is 1. The van der Waals surface area contributed by atoms with E-state index >= 15 is 0 Å². The molecule has 0 aliphatic rings. The van der Waals surface area contributed by atoms with Gasteiger partial charge in [-0.25, -0.2) is 0 Å². The third kappa shape index (κ3) is 3.31. The molecule has 0 radical (unpaired) electrons. The van der Waals surface area contributed by atoms with Crippen LogP contribution in [0, 0.1) is 0 Å². The number of aromatic amines is 1. The molecule has 4 heteroatoms. The van der Waals surface area contributed by atoms with Gasteiger partial charge in [-0.2, -0.15) is 0 Å². The van der Waals surface area contributed by atoms with Crippen molar-refractivity contribution in [3.05, 3.63) is 65.9 Å². The summed E-state index contributed by atoms with van der Waals surface area (Å²) < 4.78 is 0. The normalized spacial score (nSPS) is 10.7. The van der Waals surface area contributed by atoms with Crippen LogP contribution in [-0.4, -0.2) is 16.7 Å². The number of ketones is 1. The molecule has 0 unspecified atom stereocenters. The quantitative estimate of drug-likeness (QED) is 0.701. The largest absolute Gasteiger partial charge is 0.361 e. The van der Waals surface area contributed by atoms with E-state index in [1.54, 1.807) is 18.2 Å². The van der Waals surface area contributed by atoms with Gasteiger partial charge in [0.05, 0.1) is 5.69 Å². The minimum Gasteiger partial charge on any atom is -0.361 e. The lowest BCUT2D eigenvalue weighted by molar-refractivity contribution is -0.116. The van der Waals surface area contributed by atoms with Crippen molar-refractivity contribution in [3.8, 4) is 0 Å². The Morgan fingerprint density at radius 3 is 2.61 bits per heavy atom. The molecule has 3 rings (SSSR count). The maximum absolute atomic E-state index is 12.2. The van der Waals surface area contributed by atoms with Crippen molar-refractivity contribution in [1.29, 1.82) is 0 Å². The first-order valence-electron chi connectivity index (χ1n) is 7.60. The minimum absolute atomic E-state index is 0.0578. The predicted molar refractivity (Wildman–Crippen MR) is 91.7 cm³/mol. The number of nitrogens with one attached hydrogen (secondary N) is 2. The highest BCUT2D eigenvalue weighted by atomic mass is 16.1. The van der Waals surface area contributed by atoms with E-state index in [-0.39, 0.29) is 11.7 Å². The summed E-state index contributed by atoms with van der Waals surface area (Å²) in [7, 11) is 0. The number of anilines is 1. The molecule has 0 saturated heterocycles. The first-order chi connectivity index (χ1) is 11.1. The molecule has 3 aromatic rings. The fraction of sp³-hybridized carbons (Fsp3) is 0.158. The van der Waals surface area contributed by atoms with Gasteiger partial charge in [-0.3, -0.25) is 9.59 Å². The van der Waals surface area contributed by atoms with E-state index in [1.165, 1.54) is 6.92 Å². The summed E-state index contributed by atoms with van der Waals surface area (Å²) in [5, 5.41) is 3.98. The summed E-state index contributed by atoms with van der Waals surface area (Å²) in [6.45, 7) is 1.50. The smallest absolute Gasteiger partial charge is 0.224 e. The highest BCUT2D eigenvalue weighted by molar-refractivity contribution is 6.03. The topological polar surface area (TPSA) is 62.0 Å². The number of H-pyrrole nitrogens is 1. The molecule has 1 heterocycles. The monoisotopic (exact) mass is 306 g/mol. The van der Waals surface area contributed by atoms with Gasteiger partial charge in [0.2, 0.25) is 5.91 Å². The predicted octanol–water partition coefficient (Wildman–Crippen LogP) is 3.94. The number of para-hydroxylation sites is 2. The molecule has 2 N–H and O–H groups in total. The van der Waals surface area contributed by atoms with Crippen LogP contribution in [0.4, 0.5) is 5.69 Å². The summed E-state index contributed by atoms with van der Waals surface area (Å²) >= 11 is 0. The molecule has 116 valence electrons. The van der Waals surface area contributed by atoms with Crippen LogP contribution in [-0.2, 0) is 11.2 Å². The number of amides is 1. The summed E-state index contributed by atoms with van der Waals surface area (Å²) in [4.78, 5) is 27.0. The Bertz CT molecular complexity index is 864. The molecular weight excluding hydrogens is 288 g/mol. The van der Waals surface area contributed by atoms with Crippen molar-refractivity contribution in [1.82, 2.24) is 4.98 Å². The van der Waals surface area contributed by atoms with Crippen molar-refractivity contribution < 1.29 is 9.59 Å². The Hall–Kier alpha value is -2.88. The molecule has 4 nitrogen and oxygen atoms in total. The van der Waals surface area contributed by atoms with Gasteiger partial charge < -0.3 is 10.3 Å². The lowest BCUT2D eigenvalue weighted by atomic mass is 10.1. The molecule has 1 aromatic heterocycles. The molecular formula is C19H18N2O2. The molecule has 1 amide bonds. The number of fused-ring (bicyclic) bond motifs is 1. The van der Waals surface area contributed by atoms with Crippen molar-refractivity contribution in [3.63, 3.8) is 0 Å². The molecule has 0 fully saturated rings. The summed E-state index contributed by atoms with van der Waals surface area (Å²) in [6.07, 6.45) is 2.97. The second-order valence-electron chi connectivity index (χ2n) is 5.51. The molecule has 0 saturated carbocycles. The fourth-order valence-electron chi connectivity index (χ4n) is 2.70. The lowest BCUT2D eigenvalue weighted by Crippen LogP contribution is -2.14. The highest BCUT2D eigenvalue weighted by Crippen LogP contribution is 2.20. The Kier molecular flexibility index (Phi) is 4.24. The van der Waals surface area contributed by atoms with Crippen LogP contribution < -0.4 is 5.32 Å². The van der Waals surface area contributed by atoms with Crippen molar-refractivity contribution in [2.75, 3.05) is 5.32 Å². The van der Waals surface area contributed by atoms with Gasteiger partial charge in [-0.1, -0.05) is 30.3 Å². The van der Waals surface area contributed by atoms with Gasteiger partial charge in [-0.05, 0) is 37.1 Å². The number of Topliss-reactive ketones (excluding diaryl/α,β-unsaturated/α-hetero) is 1. The number of carbonyl (C=O) groups excluding carboxylic acids is 2. The Morgan fingerprint density at radius 1 is 1.04 bits per heavy atom. The van der Waals surface area contributed by atoms with Crippen LogP contribution in [0.1, 0.15) is 29.3 Å². The standard InChI is InChI=1S/C19H18N2O2/c1-13(22)15-6-2-5-9-18(15)21-19(23)11-10-14-12-20-17-8-4-3-7-16(14)17/h2-9,12,20H,10-11H2,1H3,(H,21,23). The molecule has 0 aliphatic carbocycles.